The minimum absolute atomic E-state index is 1.12. The van der Waals surface area contributed by atoms with Crippen LogP contribution in [-0.2, 0) is 0 Å². The minimum Gasteiger partial charge on any atom is -0.168 e. The van der Waals surface area contributed by atoms with Gasteiger partial charge in [-0.1, -0.05) is 36.9 Å². The zero-order chi connectivity index (χ0) is 8.32. The maximum Gasteiger partial charge on any atom is 0.150 e. The first-order chi connectivity index (χ1) is 5.08. The lowest BCUT2D eigenvalue weighted by molar-refractivity contribution is 1.12. The lowest BCUT2D eigenvalue weighted by Gasteiger charge is -2.11. The van der Waals surface area contributed by atoms with Crippen molar-refractivity contribution < 1.29 is 0 Å². The Morgan fingerprint density at radius 2 is 2.27 bits per heavy atom. The maximum atomic E-state index is 6.20. The molecule has 0 aromatic heterocycles. The summed E-state index contributed by atoms with van der Waals surface area (Å²) in [5.41, 5.74) is 1.48. The molecule has 0 unspecified atom stereocenters. The van der Waals surface area contributed by atoms with Crippen LogP contribution in [0.15, 0.2) is 23.8 Å². The monoisotopic (exact) mass is 186 g/mol. The van der Waals surface area contributed by atoms with Gasteiger partial charge in [-0.3, -0.25) is 0 Å². The smallest absolute Gasteiger partial charge is 0.150 e. The van der Waals surface area contributed by atoms with Crippen LogP contribution in [0.4, 0.5) is 0 Å². The summed E-state index contributed by atoms with van der Waals surface area (Å²) in [4.78, 5) is 0. The van der Waals surface area contributed by atoms with Crippen LogP contribution in [0.5, 0.6) is 0 Å². The molecular weight excluding hydrogens is 172 g/mol. The van der Waals surface area contributed by atoms with Gasteiger partial charge in [0.2, 0.25) is 0 Å². The van der Waals surface area contributed by atoms with Crippen LogP contribution >= 0.6 is 11.1 Å². The molecule has 11 heavy (non-hydrogen) atoms. The van der Waals surface area contributed by atoms with Crippen molar-refractivity contribution in [2.45, 2.75) is 32.0 Å². The third-order valence-electron chi connectivity index (χ3n) is 1.86. The normalized spacial score (nSPS) is 17.2. The fraction of sp³-hybridized carbons (Fsp3) is 0.556. The average Bonchev–Trinajstić information content (AvgIpc) is 2.32. The molecular formula is C9H15ClSi. The first kappa shape index (κ1) is 9.08. The first-order valence-electron chi connectivity index (χ1n) is 4.12. The Morgan fingerprint density at radius 1 is 1.55 bits per heavy atom. The highest BCUT2D eigenvalue weighted by Crippen LogP contribution is 2.22. The maximum absolute atomic E-state index is 6.20. The van der Waals surface area contributed by atoms with E-state index in [0.717, 1.165) is 6.42 Å². The third-order valence-corrected chi connectivity index (χ3v) is 3.86. The summed E-state index contributed by atoms with van der Waals surface area (Å²) in [7, 11) is -1.33. The summed E-state index contributed by atoms with van der Waals surface area (Å²) in [5, 5.41) is 0. The predicted molar refractivity (Wildman–Crippen MR) is 54.6 cm³/mol. The van der Waals surface area contributed by atoms with Crippen molar-refractivity contribution in [3.63, 3.8) is 0 Å². The fourth-order valence-corrected chi connectivity index (χ4v) is 2.30. The van der Waals surface area contributed by atoms with Crippen molar-refractivity contribution >= 4 is 18.5 Å². The molecule has 0 heterocycles. The van der Waals surface area contributed by atoms with Gasteiger partial charge in [-0.15, -0.1) is 0 Å². The second-order valence-corrected chi connectivity index (χ2v) is 10.6. The topological polar surface area (TPSA) is 0 Å². The number of allylic oxidation sites excluding steroid dienone is 4. The summed E-state index contributed by atoms with van der Waals surface area (Å²) >= 11 is 6.20. The molecule has 0 N–H and O–H groups in total. The molecule has 0 bridgehead atoms. The van der Waals surface area contributed by atoms with E-state index < -0.39 is 7.38 Å². The van der Waals surface area contributed by atoms with Gasteiger partial charge in [0.25, 0.3) is 0 Å². The molecule has 62 valence electrons. The molecule has 0 aromatic rings. The van der Waals surface area contributed by atoms with Crippen LogP contribution in [-0.4, -0.2) is 7.38 Å². The Balaban J connectivity index is 2.28. The molecule has 0 atom stereocenters. The number of rotatable bonds is 3. The molecule has 0 amide bonds. The van der Waals surface area contributed by atoms with Gasteiger partial charge < -0.3 is 0 Å². The highest BCUT2D eigenvalue weighted by atomic mass is 35.6. The number of hydrogen-bond donors (Lipinski definition) is 0. The van der Waals surface area contributed by atoms with E-state index in [9.17, 15) is 0 Å². The second kappa shape index (κ2) is 3.59. The Morgan fingerprint density at radius 3 is 2.73 bits per heavy atom. The first-order valence-corrected chi connectivity index (χ1v) is 8.34. The van der Waals surface area contributed by atoms with Crippen LogP contribution in [0, 0.1) is 0 Å². The molecule has 1 aliphatic carbocycles. The molecule has 1 rings (SSSR count). The number of hydrogen-bond acceptors (Lipinski definition) is 0. The molecule has 2 heteroatoms. The Hall–Kier alpha value is -0.0131. The summed E-state index contributed by atoms with van der Waals surface area (Å²) < 4.78 is 0. The highest BCUT2D eigenvalue weighted by molar-refractivity contribution is 7.19. The number of halogens is 1. The van der Waals surface area contributed by atoms with Gasteiger partial charge in [0.1, 0.15) is 0 Å². The second-order valence-electron chi connectivity index (χ2n) is 3.64. The van der Waals surface area contributed by atoms with Crippen LogP contribution in [0.25, 0.3) is 0 Å². The lowest BCUT2D eigenvalue weighted by atomic mass is 10.2. The molecule has 0 radical (unpaired) electrons. The average molecular weight is 187 g/mol. The van der Waals surface area contributed by atoms with Crippen molar-refractivity contribution in [2.24, 2.45) is 0 Å². The van der Waals surface area contributed by atoms with Gasteiger partial charge in [-0.2, -0.15) is 11.1 Å². The minimum atomic E-state index is -1.33. The third kappa shape index (κ3) is 3.78. The Labute approximate surface area is 74.7 Å². The zero-order valence-electron chi connectivity index (χ0n) is 7.23. The summed E-state index contributed by atoms with van der Waals surface area (Å²) in [6.45, 7) is 4.40. The van der Waals surface area contributed by atoms with Crippen molar-refractivity contribution in [1.82, 2.24) is 0 Å². The van der Waals surface area contributed by atoms with Gasteiger partial charge in [0, 0.05) is 0 Å². The van der Waals surface area contributed by atoms with Crippen LogP contribution in [0.2, 0.25) is 19.1 Å². The predicted octanol–water partition coefficient (Wildman–Crippen LogP) is 3.71. The SMILES string of the molecule is C[Si](C)(Cl)CCC1=CCC=C1. The lowest BCUT2D eigenvalue weighted by Crippen LogP contribution is -2.15. The van der Waals surface area contributed by atoms with E-state index in [1.165, 1.54) is 18.0 Å². The molecule has 0 saturated heterocycles. The van der Waals surface area contributed by atoms with E-state index >= 15 is 0 Å². The molecule has 0 fully saturated rings. The van der Waals surface area contributed by atoms with Crippen LogP contribution in [0.1, 0.15) is 12.8 Å². The van der Waals surface area contributed by atoms with Crippen molar-refractivity contribution in [2.75, 3.05) is 0 Å². The zero-order valence-corrected chi connectivity index (χ0v) is 8.99. The molecule has 1 aliphatic rings. The van der Waals surface area contributed by atoms with E-state index in [-0.39, 0.29) is 0 Å². The fourth-order valence-electron chi connectivity index (χ4n) is 1.13. The molecule has 0 aromatic carbocycles. The van der Waals surface area contributed by atoms with E-state index in [4.69, 9.17) is 11.1 Å². The molecule has 0 saturated carbocycles. The van der Waals surface area contributed by atoms with Gasteiger partial charge in [0.05, 0.1) is 0 Å². The van der Waals surface area contributed by atoms with E-state index in [2.05, 4.69) is 31.3 Å². The van der Waals surface area contributed by atoms with E-state index in [0.29, 0.717) is 0 Å². The Bertz CT molecular complexity index is 186. The Kier molecular flexibility index (Phi) is 2.96. The van der Waals surface area contributed by atoms with Gasteiger partial charge >= 0.3 is 0 Å². The van der Waals surface area contributed by atoms with E-state index in [1.54, 1.807) is 0 Å². The van der Waals surface area contributed by atoms with Gasteiger partial charge in [0.15, 0.2) is 7.38 Å². The van der Waals surface area contributed by atoms with Crippen molar-refractivity contribution in [3.8, 4) is 0 Å². The largest absolute Gasteiger partial charge is 0.168 e. The van der Waals surface area contributed by atoms with Crippen LogP contribution < -0.4 is 0 Å². The van der Waals surface area contributed by atoms with E-state index in [1.807, 2.05) is 0 Å². The molecule has 0 aliphatic heterocycles. The quantitative estimate of drug-likeness (QED) is 0.466. The summed E-state index contributed by atoms with van der Waals surface area (Å²) in [5.74, 6) is 0. The summed E-state index contributed by atoms with van der Waals surface area (Å²) in [6.07, 6.45) is 9.02. The standard InChI is InChI=1S/C9H15ClSi/c1-11(2,10)8-7-9-5-3-4-6-9/h3,5-6H,4,7-8H2,1-2H3. The van der Waals surface area contributed by atoms with Crippen molar-refractivity contribution in [1.29, 1.82) is 0 Å². The van der Waals surface area contributed by atoms with Crippen molar-refractivity contribution in [3.05, 3.63) is 23.8 Å². The molecule has 0 nitrogen and oxygen atoms in total. The van der Waals surface area contributed by atoms with Crippen LogP contribution in [0.3, 0.4) is 0 Å². The highest BCUT2D eigenvalue weighted by Gasteiger charge is 2.16. The molecule has 0 spiro atoms. The van der Waals surface area contributed by atoms with Gasteiger partial charge in [-0.25, -0.2) is 0 Å². The van der Waals surface area contributed by atoms with Gasteiger partial charge in [-0.05, 0) is 18.9 Å². The summed E-state index contributed by atoms with van der Waals surface area (Å²) in [6, 6.07) is 1.20.